The van der Waals surface area contributed by atoms with Crippen LogP contribution in [0.5, 0.6) is 5.75 Å². The first kappa shape index (κ1) is 12.2. The Kier molecular flexibility index (Phi) is 2.67. The monoisotopic (exact) mass is 273 g/mol. The van der Waals surface area contributed by atoms with Gasteiger partial charge in [-0.25, -0.2) is 9.78 Å². The molecule has 1 aliphatic rings. The molecule has 0 saturated heterocycles. The van der Waals surface area contributed by atoms with Crippen LogP contribution in [0.2, 0.25) is 0 Å². The Balaban J connectivity index is 2.09. The molecule has 3 N–H and O–H groups in total. The summed E-state index contributed by atoms with van der Waals surface area (Å²) in [5.74, 6) is -0.266. The maximum atomic E-state index is 11.3. The van der Waals surface area contributed by atoms with E-state index in [0.29, 0.717) is 28.5 Å². The van der Waals surface area contributed by atoms with Crippen molar-refractivity contribution < 1.29 is 19.4 Å². The summed E-state index contributed by atoms with van der Waals surface area (Å²) < 4.78 is 5.25. The summed E-state index contributed by atoms with van der Waals surface area (Å²) in [5, 5.41) is 11.8. The summed E-state index contributed by atoms with van der Waals surface area (Å²) in [6.45, 7) is 1.66. The number of aromatic carboxylic acids is 1. The molecular formula is C13H11N3O4. The number of H-pyrrole nitrogens is 1. The first-order valence-corrected chi connectivity index (χ1v) is 5.91. The number of benzene rings is 1. The summed E-state index contributed by atoms with van der Waals surface area (Å²) in [7, 11) is 0. The van der Waals surface area contributed by atoms with E-state index >= 15 is 0 Å². The molecule has 1 aliphatic heterocycles. The number of carbonyl (C=O) groups is 2. The second-order valence-electron chi connectivity index (χ2n) is 4.40. The fourth-order valence-corrected chi connectivity index (χ4v) is 2.09. The van der Waals surface area contributed by atoms with Crippen LogP contribution >= 0.6 is 0 Å². The van der Waals surface area contributed by atoms with Gasteiger partial charge in [0, 0.05) is 5.56 Å². The highest BCUT2D eigenvalue weighted by Crippen LogP contribution is 2.33. The predicted octanol–water partition coefficient (Wildman–Crippen LogP) is 1.41. The number of carbonyl (C=O) groups excluding carboxylic acids is 1. The number of fused-ring (bicyclic) bond motifs is 1. The number of imidazole rings is 1. The summed E-state index contributed by atoms with van der Waals surface area (Å²) in [5.41, 5.74) is 1.45. The minimum absolute atomic E-state index is 0.0190. The van der Waals surface area contributed by atoms with Gasteiger partial charge in [-0.3, -0.25) is 4.79 Å². The molecule has 7 nitrogen and oxygen atoms in total. The maximum Gasteiger partial charge on any atom is 0.354 e. The second-order valence-corrected chi connectivity index (χ2v) is 4.40. The maximum absolute atomic E-state index is 11.3. The van der Waals surface area contributed by atoms with E-state index in [9.17, 15) is 9.59 Å². The molecule has 1 amide bonds. The van der Waals surface area contributed by atoms with E-state index in [1.165, 1.54) is 0 Å². The third kappa shape index (κ3) is 1.99. The van der Waals surface area contributed by atoms with E-state index in [0.717, 1.165) is 0 Å². The van der Waals surface area contributed by atoms with Gasteiger partial charge in [0.25, 0.3) is 5.91 Å². The SMILES string of the molecule is Cc1nc(-c2ccc3c(c2)NC(=O)CO3)c(C(=O)O)[nH]1. The van der Waals surface area contributed by atoms with E-state index in [2.05, 4.69) is 15.3 Å². The lowest BCUT2D eigenvalue weighted by molar-refractivity contribution is -0.118. The van der Waals surface area contributed by atoms with Gasteiger partial charge in [0.1, 0.15) is 17.3 Å². The molecule has 0 saturated carbocycles. The van der Waals surface area contributed by atoms with Crippen LogP contribution in [0.1, 0.15) is 16.3 Å². The van der Waals surface area contributed by atoms with Gasteiger partial charge < -0.3 is 20.1 Å². The Hall–Kier alpha value is -2.83. The van der Waals surface area contributed by atoms with Gasteiger partial charge in [-0.15, -0.1) is 0 Å². The standard InChI is InChI=1S/C13H11N3O4/c1-6-14-11(12(15-6)13(18)19)7-2-3-9-8(4-7)16-10(17)5-20-9/h2-4H,5H2,1H3,(H,14,15)(H,16,17)(H,18,19). The zero-order chi connectivity index (χ0) is 14.3. The number of carboxylic acids is 1. The Morgan fingerprint density at radius 2 is 2.25 bits per heavy atom. The number of amides is 1. The number of aromatic nitrogens is 2. The molecule has 20 heavy (non-hydrogen) atoms. The van der Waals surface area contributed by atoms with Crippen LogP contribution < -0.4 is 10.1 Å². The lowest BCUT2D eigenvalue weighted by Gasteiger charge is -2.18. The van der Waals surface area contributed by atoms with Crippen LogP contribution in [0.3, 0.4) is 0 Å². The van der Waals surface area contributed by atoms with Crippen molar-refractivity contribution in [2.24, 2.45) is 0 Å². The molecule has 0 atom stereocenters. The summed E-state index contributed by atoms with van der Waals surface area (Å²) in [6.07, 6.45) is 0. The first-order valence-electron chi connectivity index (χ1n) is 5.91. The molecule has 0 unspecified atom stereocenters. The number of hydrogen-bond donors (Lipinski definition) is 3. The van der Waals surface area contributed by atoms with Crippen LogP contribution in [0.4, 0.5) is 5.69 Å². The van der Waals surface area contributed by atoms with E-state index in [-0.39, 0.29) is 18.2 Å². The van der Waals surface area contributed by atoms with E-state index in [4.69, 9.17) is 9.84 Å². The molecule has 0 radical (unpaired) electrons. The van der Waals surface area contributed by atoms with Crippen LogP contribution in [0.15, 0.2) is 18.2 Å². The van der Waals surface area contributed by atoms with Crippen molar-refractivity contribution in [3.63, 3.8) is 0 Å². The highest BCUT2D eigenvalue weighted by Gasteiger charge is 2.20. The molecule has 102 valence electrons. The summed E-state index contributed by atoms with van der Waals surface area (Å²) >= 11 is 0. The van der Waals surface area contributed by atoms with Crippen molar-refractivity contribution in [1.82, 2.24) is 9.97 Å². The quantitative estimate of drug-likeness (QED) is 0.767. The highest BCUT2D eigenvalue weighted by molar-refractivity contribution is 5.97. The predicted molar refractivity (Wildman–Crippen MR) is 69.8 cm³/mol. The number of hydrogen-bond acceptors (Lipinski definition) is 4. The smallest absolute Gasteiger partial charge is 0.354 e. The Morgan fingerprint density at radius 1 is 1.45 bits per heavy atom. The molecular weight excluding hydrogens is 262 g/mol. The van der Waals surface area contributed by atoms with Gasteiger partial charge in [0.2, 0.25) is 0 Å². The fraction of sp³-hybridized carbons (Fsp3) is 0.154. The molecule has 0 fully saturated rings. The normalized spacial score (nSPS) is 13.3. The average Bonchev–Trinajstić information content (AvgIpc) is 2.80. The molecule has 0 spiro atoms. The second kappa shape index (κ2) is 4.37. The number of aryl methyl sites for hydroxylation is 1. The largest absolute Gasteiger partial charge is 0.482 e. The fourth-order valence-electron chi connectivity index (χ4n) is 2.09. The van der Waals surface area contributed by atoms with E-state index in [1.807, 2.05) is 0 Å². The Morgan fingerprint density at radius 3 is 3.00 bits per heavy atom. The average molecular weight is 273 g/mol. The van der Waals surface area contributed by atoms with Gasteiger partial charge >= 0.3 is 5.97 Å². The number of ether oxygens (including phenoxy) is 1. The first-order chi connectivity index (χ1) is 9.54. The molecule has 2 heterocycles. The minimum atomic E-state index is -1.08. The summed E-state index contributed by atoms with van der Waals surface area (Å²) in [4.78, 5) is 29.4. The van der Waals surface area contributed by atoms with Crippen molar-refractivity contribution in [3.05, 3.63) is 29.7 Å². The van der Waals surface area contributed by atoms with Gasteiger partial charge in [0.15, 0.2) is 12.3 Å². The van der Waals surface area contributed by atoms with Gasteiger partial charge in [-0.2, -0.15) is 0 Å². The number of aromatic amines is 1. The molecule has 7 heteroatoms. The topological polar surface area (TPSA) is 104 Å². The third-order valence-electron chi connectivity index (χ3n) is 2.92. The summed E-state index contributed by atoms with van der Waals surface area (Å²) in [6, 6.07) is 5.03. The van der Waals surface area contributed by atoms with Crippen molar-refractivity contribution in [2.75, 3.05) is 11.9 Å². The molecule has 1 aromatic carbocycles. The highest BCUT2D eigenvalue weighted by atomic mass is 16.5. The van der Waals surface area contributed by atoms with Crippen molar-refractivity contribution in [3.8, 4) is 17.0 Å². The lowest BCUT2D eigenvalue weighted by atomic mass is 10.1. The third-order valence-corrected chi connectivity index (χ3v) is 2.92. The van der Waals surface area contributed by atoms with Gasteiger partial charge in [0.05, 0.1) is 5.69 Å². The molecule has 1 aromatic heterocycles. The zero-order valence-corrected chi connectivity index (χ0v) is 10.6. The minimum Gasteiger partial charge on any atom is -0.482 e. The number of carboxylic acid groups (broad SMARTS) is 1. The van der Waals surface area contributed by atoms with Crippen molar-refractivity contribution >= 4 is 17.6 Å². The van der Waals surface area contributed by atoms with Crippen LogP contribution in [-0.4, -0.2) is 33.6 Å². The Bertz CT molecular complexity index is 720. The van der Waals surface area contributed by atoms with Gasteiger partial charge in [-0.05, 0) is 25.1 Å². The number of nitrogens with one attached hydrogen (secondary N) is 2. The zero-order valence-electron chi connectivity index (χ0n) is 10.6. The molecule has 2 aromatic rings. The van der Waals surface area contributed by atoms with Crippen molar-refractivity contribution in [2.45, 2.75) is 6.92 Å². The van der Waals surface area contributed by atoms with Crippen LogP contribution in [0, 0.1) is 6.92 Å². The van der Waals surface area contributed by atoms with Crippen LogP contribution in [0.25, 0.3) is 11.3 Å². The number of nitrogens with zero attached hydrogens (tertiary/aromatic N) is 1. The number of rotatable bonds is 2. The van der Waals surface area contributed by atoms with E-state index in [1.54, 1.807) is 25.1 Å². The molecule has 0 aliphatic carbocycles. The van der Waals surface area contributed by atoms with Crippen LogP contribution in [-0.2, 0) is 4.79 Å². The number of anilines is 1. The Labute approximate surface area is 113 Å². The molecule has 3 rings (SSSR count). The van der Waals surface area contributed by atoms with Crippen molar-refractivity contribution in [1.29, 1.82) is 0 Å². The molecule has 0 bridgehead atoms. The van der Waals surface area contributed by atoms with Gasteiger partial charge in [-0.1, -0.05) is 0 Å². The lowest BCUT2D eigenvalue weighted by Crippen LogP contribution is -2.25. The van der Waals surface area contributed by atoms with E-state index < -0.39 is 5.97 Å².